The van der Waals surface area contributed by atoms with E-state index in [1.807, 2.05) is 28.8 Å². The van der Waals surface area contributed by atoms with Crippen molar-refractivity contribution in [2.45, 2.75) is 13.0 Å². The number of aromatic nitrogens is 3. The summed E-state index contributed by atoms with van der Waals surface area (Å²) in [4.78, 5) is 8.72. The van der Waals surface area contributed by atoms with Crippen molar-refractivity contribution in [3.63, 3.8) is 0 Å². The van der Waals surface area contributed by atoms with E-state index in [9.17, 15) is 0 Å². The molecule has 2 heterocycles. The van der Waals surface area contributed by atoms with Gasteiger partial charge in [-0.3, -0.25) is 4.57 Å². The Hall–Kier alpha value is -1.88. The number of hydrogen-bond donors (Lipinski definition) is 1. The van der Waals surface area contributed by atoms with Gasteiger partial charge in [0.1, 0.15) is 5.52 Å². The van der Waals surface area contributed by atoms with Crippen molar-refractivity contribution in [3.8, 4) is 0 Å². The van der Waals surface area contributed by atoms with Gasteiger partial charge in [-0.05, 0) is 34.0 Å². The van der Waals surface area contributed by atoms with Crippen molar-refractivity contribution in [2.24, 2.45) is 0 Å². The molecule has 2 aromatic heterocycles. The summed E-state index contributed by atoms with van der Waals surface area (Å²) in [6, 6.07) is 12.3. The van der Waals surface area contributed by atoms with Gasteiger partial charge in [-0.15, -0.1) is 0 Å². The average Bonchev–Trinajstić information content (AvgIpc) is 2.72. The summed E-state index contributed by atoms with van der Waals surface area (Å²) in [5.74, 6) is 0.511. The first-order valence-corrected chi connectivity index (χ1v) is 6.84. The summed E-state index contributed by atoms with van der Waals surface area (Å²) >= 11 is 3.39. The fourth-order valence-corrected chi connectivity index (χ4v) is 2.43. The van der Waals surface area contributed by atoms with Gasteiger partial charge in [0.15, 0.2) is 5.65 Å². The van der Waals surface area contributed by atoms with Crippen LogP contribution in [0.3, 0.4) is 0 Å². The third-order valence-electron chi connectivity index (χ3n) is 3.05. The Balaban J connectivity index is 1.90. The number of benzene rings is 1. The molecule has 0 aliphatic heterocycles. The smallest absolute Gasteiger partial charge is 0.202 e. The lowest BCUT2D eigenvalue weighted by atomic mass is 10.1. The van der Waals surface area contributed by atoms with Gasteiger partial charge in [0, 0.05) is 17.2 Å². The number of pyridine rings is 1. The highest BCUT2D eigenvalue weighted by atomic mass is 79.9. The van der Waals surface area contributed by atoms with Gasteiger partial charge < -0.3 is 5.73 Å². The fraction of sp³-hybridized carbons (Fsp3) is 0.143. The van der Waals surface area contributed by atoms with E-state index in [0.717, 1.165) is 28.6 Å². The molecule has 0 aliphatic carbocycles. The number of nitrogens with zero attached hydrogens (tertiary/aromatic N) is 3. The van der Waals surface area contributed by atoms with Gasteiger partial charge in [-0.1, -0.05) is 30.3 Å². The second-order valence-corrected chi connectivity index (χ2v) is 5.27. The van der Waals surface area contributed by atoms with Gasteiger partial charge in [-0.2, -0.15) is 0 Å². The first-order valence-electron chi connectivity index (χ1n) is 6.05. The second-order valence-electron chi connectivity index (χ2n) is 4.35. The molecule has 5 heteroatoms. The van der Waals surface area contributed by atoms with Crippen LogP contribution in [0.25, 0.3) is 11.2 Å². The Morgan fingerprint density at radius 2 is 2.00 bits per heavy atom. The van der Waals surface area contributed by atoms with E-state index in [4.69, 9.17) is 5.73 Å². The van der Waals surface area contributed by atoms with Crippen LogP contribution < -0.4 is 5.73 Å². The second kappa shape index (κ2) is 5.01. The van der Waals surface area contributed by atoms with Crippen molar-refractivity contribution in [1.82, 2.24) is 14.5 Å². The van der Waals surface area contributed by atoms with Crippen molar-refractivity contribution in [2.75, 3.05) is 5.73 Å². The topological polar surface area (TPSA) is 56.7 Å². The van der Waals surface area contributed by atoms with Crippen LogP contribution in [0.2, 0.25) is 0 Å². The maximum Gasteiger partial charge on any atom is 0.202 e. The van der Waals surface area contributed by atoms with Crippen LogP contribution in [0.1, 0.15) is 5.56 Å². The van der Waals surface area contributed by atoms with Gasteiger partial charge in [0.2, 0.25) is 5.95 Å². The van der Waals surface area contributed by atoms with Crippen LogP contribution in [0.5, 0.6) is 0 Å². The van der Waals surface area contributed by atoms with E-state index in [-0.39, 0.29) is 0 Å². The summed E-state index contributed by atoms with van der Waals surface area (Å²) < 4.78 is 2.86. The Morgan fingerprint density at radius 1 is 1.21 bits per heavy atom. The Labute approximate surface area is 119 Å². The SMILES string of the molecule is Nc1nc2cc(Br)cnc2n1CCc1ccccc1. The maximum atomic E-state index is 5.96. The number of imidazole rings is 1. The quantitative estimate of drug-likeness (QED) is 0.808. The standard InChI is InChI=1S/C14H13BrN4/c15-11-8-12-13(17-9-11)19(14(16)18-12)7-6-10-4-2-1-3-5-10/h1-5,8-9H,6-7H2,(H2,16,18). The molecule has 0 spiro atoms. The number of rotatable bonds is 3. The van der Waals surface area contributed by atoms with E-state index in [2.05, 4.69) is 38.0 Å². The zero-order chi connectivity index (χ0) is 13.2. The number of halogens is 1. The minimum atomic E-state index is 0.511. The summed E-state index contributed by atoms with van der Waals surface area (Å²) in [7, 11) is 0. The number of nitrogens with two attached hydrogens (primary N) is 1. The molecule has 96 valence electrons. The van der Waals surface area contributed by atoms with Crippen LogP contribution in [0, 0.1) is 0 Å². The molecule has 19 heavy (non-hydrogen) atoms. The van der Waals surface area contributed by atoms with Gasteiger partial charge >= 0.3 is 0 Å². The molecule has 1 aromatic carbocycles. The molecule has 2 N–H and O–H groups in total. The lowest BCUT2D eigenvalue weighted by Crippen LogP contribution is -2.06. The first-order chi connectivity index (χ1) is 9.24. The Morgan fingerprint density at radius 3 is 2.79 bits per heavy atom. The zero-order valence-electron chi connectivity index (χ0n) is 10.3. The molecule has 3 rings (SSSR count). The van der Waals surface area contributed by atoms with Crippen molar-refractivity contribution in [3.05, 3.63) is 52.6 Å². The number of hydrogen-bond acceptors (Lipinski definition) is 3. The van der Waals surface area contributed by atoms with Crippen molar-refractivity contribution < 1.29 is 0 Å². The molecule has 0 fully saturated rings. The third-order valence-corrected chi connectivity index (χ3v) is 3.48. The molecule has 0 amide bonds. The van der Waals surface area contributed by atoms with Crippen LogP contribution in [-0.2, 0) is 13.0 Å². The minimum Gasteiger partial charge on any atom is -0.369 e. The molecule has 0 aliphatic rings. The molecule has 0 unspecified atom stereocenters. The zero-order valence-corrected chi connectivity index (χ0v) is 11.8. The van der Waals surface area contributed by atoms with E-state index in [1.54, 1.807) is 6.20 Å². The van der Waals surface area contributed by atoms with E-state index < -0.39 is 0 Å². The van der Waals surface area contributed by atoms with Gasteiger partial charge in [-0.25, -0.2) is 9.97 Å². The monoisotopic (exact) mass is 316 g/mol. The third kappa shape index (κ3) is 2.46. The molecular formula is C14H13BrN4. The van der Waals surface area contributed by atoms with E-state index >= 15 is 0 Å². The summed E-state index contributed by atoms with van der Waals surface area (Å²) in [6.07, 6.45) is 2.68. The molecule has 0 saturated carbocycles. The van der Waals surface area contributed by atoms with Crippen LogP contribution in [-0.4, -0.2) is 14.5 Å². The first kappa shape index (κ1) is 12.2. The van der Waals surface area contributed by atoms with Crippen molar-refractivity contribution >= 4 is 33.0 Å². The van der Waals surface area contributed by atoms with Gasteiger partial charge in [0.25, 0.3) is 0 Å². The average molecular weight is 317 g/mol. The molecule has 0 saturated heterocycles. The lowest BCUT2D eigenvalue weighted by Gasteiger charge is -2.05. The van der Waals surface area contributed by atoms with E-state index in [1.165, 1.54) is 5.56 Å². The highest BCUT2D eigenvalue weighted by molar-refractivity contribution is 9.10. The number of aryl methyl sites for hydroxylation is 2. The number of fused-ring (bicyclic) bond motifs is 1. The summed E-state index contributed by atoms with van der Waals surface area (Å²) in [5.41, 5.74) is 8.89. The largest absolute Gasteiger partial charge is 0.369 e. The lowest BCUT2D eigenvalue weighted by molar-refractivity contribution is 0.720. The molecular weight excluding hydrogens is 304 g/mol. The molecule has 3 aromatic rings. The predicted octanol–water partition coefficient (Wildman–Crippen LogP) is 3.02. The number of nitrogen functional groups attached to an aromatic ring is 1. The molecule has 0 atom stereocenters. The highest BCUT2D eigenvalue weighted by Crippen LogP contribution is 2.20. The van der Waals surface area contributed by atoms with Crippen LogP contribution in [0.15, 0.2) is 47.1 Å². The van der Waals surface area contributed by atoms with Crippen LogP contribution in [0.4, 0.5) is 5.95 Å². The maximum absolute atomic E-state index is 5.96. The normalized spacial score (nSPS) is 11.0. The fourth-order valence-electron chi connectivity index (χ4n) is 2.11. The molecule has 4 nitrogen and oxygen atoms in total. The molecule has 0 radical (unpaired) electrons. The van der Waals surface area contributed by atoms with Crippen LogP contribution >= 0.6 is 15.9 Å². The summed E-state index contributed by atoms with van der Waals surface area (Å²) in [5, 5.41) is 0. The number of anilines is 1. The predicted molar refractivity (Wildman–Crippen MR) is 79.8 cm³/mol. The minimum absolute atomic E-state index is 0.511. The Bertz CT molecular complexity index is 706. The Kier molecular flexibility index (Phi) is 3.21. The van der Waals surface area contributed by atoms with Gasteiger partial charge in [0.05, 0.1) is 0 Å². The van der Waals surface area contributed by atoms with Crippen molar-refractivity contribution in [1.29, 1.82) is 0 Å². The highest BCUT2D eigenvalue weighted by Gasteiger charge is 2.09. The summed E-state index contributed by atoms with van der Waals surface area (Å²) in [6.45, 7) is 0.779. The van der Waals surface area contributed by atoms with E-state index in [0.29, 0.717) is 5.95 Å². The molecule has 0 bridgehead atoms.